The zero-order valence-electron chi connectivity index (χ0n) is 15.8. The van der Waals surface area contributed by atoms with Crippen LogP contribution in [0.3, 0.4) is 0 Å². The first kappa shape index (κ1) is 17.7. The summed E-state index contributed by atoms with van der Waals surface area (Å²) < 4.78 is 7.50. The molecule has 4 rings (SSSR count). The van der Waals surface area contributed by atoms with Gasteiger partial charge in [0.1, 0.15) is 5.75 Å². The Labute approximate surface area is 160 Å². The van der Waals surface area contributed by atoms with E-state index in [1.165, 1.54) is 30.4 Å². The number of hydrogen-bond donors (Lipinski definition) is 0. The van der Waals surface area contributed by atoms with Gasteiger partial charge in [-0.3, -0.25) is 14.6 Å². The summed E-state index contributed by atoms with van der Waals surface area (Å²) in [6.07, 6.45) is 11.4. The molecule has 5 heteroatoms. The summed E-state index contributed by atoms with van der Waals surface area (Å²) in [6.45, 7) is 2.78. The molecular weight excluding hydrogens is 336 g/mol. The molecule has 1 atom stereocenters. The molecule has 2 aromatic heterocycles. The van der Waals surface area contributed by atoms with Crippen LogP contribution in [0, 0.1) is 0 Å². The maximum absolute atomic E-state index is 5.57. The fraction of sp³-hybridized carbons (Fsp3) is 0.364. The summed E-state index contributed by atoms with van der Waals surface area (Å²) in [6, 6.07) is 13.2. The third-order valence-corrected chi connectivity index (χ3v) is 5.30. The van der Waals surface area contributed by atoms with Gasteiger partial charge in [0.25, 0.3) is 0 Å². The number of likely N-dealkylation sites (tertiary alicyclic amines) is 1. The molecule has 1 fully saturated rings. The molecule has 3 aromatic rings. The first-order valence-electron chi connectivity index (χ1n) is 9.60. The largest absolute Gasteiger partial charge is 0.496 e. The van der Waals surface area contributed by atoms with Crippen LogP contribution in [0.5, 0.6) is 5.75 Å². The summed E-state index contributed by atoms with van der Waals surface area (Å²) >= 11 is 0. The van der Waals surface area contributed by atoms with E-state index in [9.17, 15) is 0 Å². The highest BCUT2D eigenvalue weighted by Crippen LogP contribution is 2.32. The fourth-order valence-electron chi connectivity index (χ4n) is 3.99. The highest BCUT2D eigenvalue weighted by atomic mass is 16.5. The van der Waals surface area contributed by atoms with Crippen molar-refractivity contribution >= 4 is 0 Å². The van der Waals surface area contributed by atoms with Gasteiger partial charge in [-0.15, -0.1) is 0 Å². The fourth-order valence-corrected chi connectivity index (χ4v) is 3.99. The van der Waals surface area contributed by atoms with E-state index in [2.05, 4.69) is 39.2 Å². The molecule has 0 saturated carbocycles. The first-order chi connectivity index (χ1) is 13.3. The molecule has 3 heterocycles. The monoisotopic (exact) mass is 362 g/mol. The van der Waals surface area contributed by atoms with E-state index in [-0.39, 0.29) is 0 Å². The van der Waals surface area contributed by atoms with E-state index in [4.69, 9.17) is 4.74 Å². The normalized spacial score (nSPS) is 17.7. The zero-order valence-corrected chi connectivity index (χ0v) is 15.8. The van der Waals surface area contributed by atoms with Crippen molar-refractivity contribution in [2.24, 2.45) is 0 Å². The predicted molar refractivity (Wildman–Crippen MR) is 106 cm³/mol. The lowest BCUT2D eigenvalue weighted by molar-refractivity contribution is 0.140. The lowest BCUT2D eigenvalue weighted by atomic mass is 9.95. The highest BCUT2D eigenvalue weighted by molar-refractivity contribution is 5.37. The number of benzene rings is 1. The highest BCUT2D eigenvalue weighted by Gasteiger charge is 2.24. The Kier molecular flexibility index (Phi) is 5.49. The maximum atomic E-state index is 5.57. The molecule has 0 amide bonds. The van der Waals surface area contributed by atoms with Crippen LogP contribution in [-0.2, 0) is 13.1 Å². The molecule has 1 aliphatic rings. The van der Waals surface area contributed by atoms with Crippen LogP contribution in [-0.4, -0.2) is 33.3 Å². The Bertz CT molecular complexity index is 848. The summed E-state index contributed by atoms with van der Waals surface area (Å²) in [5, 5.41) is 4.33. The second-order valence-electron chi connectivity index (χ2n) is 7.12. The number of hydrogen-bond acceptors (Lipinski definition) is 4. The molecule has 1 aromatic carbocycles. The smallest absolute Gasteiger partial charge is 0.123 e. The van der Waals surface area contributed by atoms with Crippen molar-refractivity contribution in [3.63, 3.8) is 0 Å². The van der Waals surface area contributed by atoms with E-state index >= 15 is 0 Å². The molecule has 140 valence electrons. The van der Waals surface area contributed by atoms with Crippen LogP contribution in [0.25, 0.3) is 0 Å². The Morgan fingerprint density at radius 1 is 1.11 bits per heavy atom. The minimum atomic E-state index is 0.448. The van der Waals surface area contributed by atoms with E-state index in [1.807, 2.05) is 41.6 Å². The van der Waals surface area contributed by atoms with Gasteiger partial charge in [-0.1, -0.05) is 18.6 Å². The lowest BCUT2D eigenvalue weighted by Gasteiger charge is -2.36. The van der Waals surface area contributed by atoms with E-state index in [0.29, 0.717) is 6.04 Å². The molecule has 0 spiro atoms. The number of ether oxygens (including phenoxy) is 1. The van der Waals surface area contributed by atoms with Gasteiger partial charge < -0.3 is 4.74 Å². The van der Waals surface area contributed by atoms with Crippen molar-refractivity contribution in [3.05, 3.63) is 77.9 Å². The topological polar surface area (TPSA) is 43.2 Å². The molecule has 27 heavy (non-hydrogen) atoms. The summed E-state index contributed by atoms with van der Waals surface area (Å²) in [5.74, 6) is 0.914. The number of pyridine rings is 1. The Morgan fingerprint density at radius 2 is 2.07 bits per heavy atom. The van der Waals surface area contributed by atoms with Crippen LogP contribution in [0.4, 0.5) is 0 Å². The minimum absolute atomic E-state index is 0.448. The van der Waals surface area contributed by atoms with Crippen LogP contribution < -0.4 is 4.74 Å². The summed E-state index contributed by atoms with van der Waals surface area (Å²) in [7, 11) is 1.73. The Morgan fingerprint density at radius 3 is 2.85 bits per heavy atom. The molecule has 0 N–H and O–H groups in total. The van der Waals surface area contributed by atoms with Crippen molar-refractivity contribution < 1.29 is 4.74 Å². The summed E-state index contributed by atoms with van der Waals surface area (Å²) in [5.41, 5.74) is 3.80. The van der Waals surface area contributed by atoms with Crippen molar-refractivity contribution in [1.29, 1.82) is 0 Å². The van der Waals surface area contributed by atoms with E-state index < -0.39 is 0 Å². The third-order valence-electron chi connectivity index (χ3n) is 5.30. The van der Waals surface area contributed by atoms with Crippen LogP contribution in [0.2, 0.25) is 0 Å². The SMILES string of the molecule is COc1ccc(CN2CCCC[C@@H]2c2cccnc2)cc1Cn1cccn1. The lowest BCUT2D eigenvalue weighted by Crippen LogP contribution is -2.33. The van der Waals surface area contributed by atoms with Gasteiger partial charge in [-0.25, -0.2) is 0 Å². The van der Waals surface area contributed by atoms with Gasteiger partial charge in [0, 0.05) is 42.9 Å². The van der Waals surface area contributed by atoms with Gasteiger partial charge in [0.2, 0.25) is 0 Å². The van der Waals surface area contributed by atoms with Crippen LogP contribution >= 0.6 is 0 Å². The van der Waals surface area contributed by atoms with Gasteiger partial charge >= 0.3 is 0 Å². The number of piperidine rings is 1. The molecule has 1 saturated heterocycles. The second-order valence-corrected chi connectivity index (χ2v) is 7.12. The predicted octanol–water partition coefficient (Wildman–Crippen LogP) is 4.06. The molecule has 5 nitrogen and oxygen atoms in total. The molecule has 0 aliphatic carbocycles. The average Bonchev–Trinajstić information content (AvgIpc) is 3.22. The standard InChI is InChI=1S/C22H26N4O/c1-27-22-9-8-18(14-20(22)17-26-13-5-11-24-26)16-25-12-3-2-7-21(25)19-6-4-10-23-15-19/h4-6,8-11,13-15,21H,2-3,7,12,16-17H2,1H3/t21-/m1/s1. The summed E-state index contributed by atoms with van der Waals surface area (Å²) in [4.78, 5) is 6.91. The van der Waals surface area contributed by atoms with Gasteiger partial charge in [0.15, 0.2) is 0 Å². The van der Waals surface area contributed by atoms with Gasteiger partial charge in [-0.05, 0) is 54.8 Å². The van der Waals surface area contributed by atoms with Crippen molar-refractivity contribution in [2.75, 3.05) is 13.7 Å². The van der Waals surface area contributed by atoms with Gasteiger partial charge in [0.05, 0.1) is 13.7 Å². The maximum Gasteiger partial charge on any atom is 0.123 e. The Balaban J connectivity index is 1.55. The number of methoxy groups -OCH3 is 1. The van der Waals surface area contributed by atoms with Crippen molar-refractivity contribution in [2.45, 2.75) is 38.4 Å². The van der Waals surface area contributed by atoms with Crippen molar-refractivity contribution in [1.82, 2.24) is 19.7 Å². The van der Waals surface area contributed by atoms with Crippen LogP contribution in [0.1, 0.15) is 42.0 Å². The van der Waals surface area contributed by atoms with E-state index in [0.717, 1.165) is 30.9 Å². The average molecular weight is 362 g/mol. The van der Waals surface area contributed by atoms with E-state index in [1.54, 1.807) is 7.11 Å². The quantitative estimate of drug-likeness (QED) is 0.663. The first-order valence-corrected chi connectivity index (χ1v) is 9.60. The Hall–Kier alpha value is -2.66. The number of nitrogens with zero attached hydrogens (tertiary/aromatic N) is 4. The van der Waals surface area contributed by atoms with Crippen LogP contribution in [0.15, 0.2) is 61.2 Å². The molecule has 0 bridgehead atoms. The van der Waals surface area contributed by atoms with Gasteiger partial charge in [-0.2, -0.15) is 5.10 Å². The van der Waals surface area contributed by atoms with Crippen molar-refractivity contribution in [3.8, 4) is 5.75 Å². The zero-order chi connectivity index (χ0) is 18.5. The molecular formula is C22H26N4O. The number of rotatable bonds is 6. The second kappa shape index (κ2) is 8.35. The number of aromatic nitrogens is 3. The third kappa shape index (κ3) is 4.19. The molecule has 1 aliphatic heterocycles. The molecule has 0 unspecified atom stereocenters. The minimum Gasteiger partial charge on any atom is -0.496 e. The molecule has 0 radical (unpaired) electrons.